The Morgan fingerprint density at radius 1 is 1.22 bits per heavy atom. The van der Waals surface area contributed by atoms with E-state index in [1.54, 1.807) is 12.1 Å². The quantitative estimate of drug-likeness (QED) is 0.852. The Balaban J connectivity index is 1.88. The van der Waals surface area contributed by atoms with Crippen molar-refractivity contribution >= 4 is 46.2 Å². The highest BCUT2D eigenvalue weighted by Gasteiger charge is 2.23. The summed E-state index contributed by atoms with van der Waals surface area (Å²) in [4.78, 5) is 10.9. The molecule has 3 N–H and O–H groups in total. The molecule has 1 saturated heterocycles. The van der Waals surface area contributed by atoms with Crippen LogP contribution >= 0.6 is 23.2 Å². The molecule has 2 heterocycles. The van der Waals surface area contributed by atoms with Crippen LogP contribution in [0, 0.1) is 0 Å². The summed E-state index contributed by atoms with van der Waals surface area (Å²) >= 11 is 12.0. The number of nitrogens with two attached hydrogens (primary N) is 1. The normalized spacial score (nSPS) is 18.0. The van der Waals surface area contributed by atoms with Gasteiger partial charge < -0.3 is 16.0 Å². The Hall–Kier alpha value is -1.72. The first-order valence-corrected chi connectivity index (χ1v) is 8.41. The fourth-order valence-electron chi connectivity index (χ4n) is 2.84. The third-order valence-electron chi connectivity index (χ3n) is 4.12. The molecular weight excluding hydrogens is 333 g/mol. The Labute approximate surface area is 145 Å². The van der Waals surface area contributed by atoms with Gasteiger partial charge in [0.2, 0.25) is 0 Å². The molecule has 1 aromatic heterocycles. The minimum atomic E-state index is 0.429. The number of benzene rings is 1. The highest BCUT2D eigenvalue weighted by molar-refractivity contribution is 6.42. The maximum absolute atomic E-state index is 6.30. The van der Waals surface area contributed by atoms with Crippen LogP contribution in [0.4, 0.5) is 23.0 Å². The van der Waals surface area contributed by atoms with E-state index in [-0.39, 0.29) is 0 Å². The molecule has 1 unspecified atom stereocenters. The lowest BCUT2D eigenvalue weighted by Gasteiger charge is -2.35. The second-order valence-electron chi connectivity index (χ2n) is 5.75. The molecule has 1 aliphatic rings. The molecule has 3 rings (SSSR count). The third kappa shape index (κ3) is 3.46. The van der Waals surface area contributed by atoms with E-state index in [9.17, 15) is 0 Å². The van der Waals surface area contributed by atoms with Gasteiger partial charge in [-0.3, -0.25) is 0 Å². The molecule has 5 nitrogen and oxygen atoms in total. The molecule has 7 heteroatoms. The highest BCUT2D eigenvalue weighted by atomic mass is 35.5. The van der Waals surface area contributed by atoms with Crippen molar-refractivity contribution in [3.63, 3.8) is 0 Å². The predicted molar refractivity (Wildman–Crippen MR) is 96.8 cm³/mol. The van der Waals surface area contributed by atoms with Gasteiger partial charge in [0, 0.05) is 18.3 Å². The largest absolute Gasteiger partial charge is 0.393 e. The van der Waals surface area contributed by atoms with Gasteiger partial charge >= 0.3 is 0 Å². The molecule has 1 aromatic carbocycles. The van der Waals surface area contributed by atoms with Gasteiger partial charge in [-0.2, -0.15) is 0 Å². The number of hydrogen-bond acceptors (Lipinski definition) is 5. The van der Waals surface area contributed by atoms with Crippen molar-refractivity contribution in [3.8, 4) is 0 Å². The molecule has 1 aliphatic heterocycles. The molecule has 0 spiro atoms. The average Bonchev–Trinajstić information content (AvgIpc) is 2.54. The zero-order valence-corrected chi connectivity index (χ0v) is 14.4. The first-order chi connectivity index (χ1) is 11.1. The number of nitrogens with one attached hydrogen (secondary N) is 1. The van der Waals surface area contributed by atoms with Gasteiger partial charge in [0.05, 0.1) is 10.0 Å². The predicted octanol–water partition coefficient (Wildman–Crippen LogP) is 4.49. The molecular formula is C16H19Cl2N5. The van der Waals surface area contributed by atoms with Crippen molar-refractivity contribution in [2.24, 2.45) is 0 Å². The fourth-order valence-corrected chi connectivity index (χ4v) is 3.14. The molecule has 1 fully saturated rings. The average molecular weight is 352 g/mol. The highest BCUT2D eigenvalue weighted by Crippen LogP contribution is 2.33. The van der Waals surface area contributed by atoms with Gasteiger partial charge in [0.25, 0.3) is 0 Å². The number of anilines is 4. The summed E-state index contributed by atoms with van der Waals surface area (Å²) in [5.41, 5.74) is 7.63. The summed E-state index contributed by atoms with van der Waals surface area (Å²) in [5.74, 6) is 1.36. The first-order valence-electron chi connectivity index (χ1n) is 7.65. The molecule has 0 radical (unpaired) electrons. The van der Waals surface area contributed by atoms with E-state index in [4.69, 9.17) is 28.9 Å². The van der Waals surface area contributed by atoms with Gasteiger partial charge in [-0.15, -0.1) is 0 Å². The molecule has 1 atom stereocenters. The lowest BCUT2D eigenvalue weighted by atomic mass is 10.0. The minimum absolute atomic E-state index is 0.429. The van der Waals surface area contributed by atoms with Gasteiger partial charge in [-0.1, -0.05) is 23.2 Å². The minimum Gasteiger partial charge on any atom is -0.393 e. The monoisotopic (exact) mass is 351 g/mol. The molecule has 0 bridgehead atoms. The fraction of sp³-hybridized carbons (Fsp3) is 0.375. The van der Waals surface area contributed by atoms with E-state index in [2.05, 4.69) is 27.1 Å². The van der Waals surface area contributed by atoms with Crippen LogP contribution in [0.2, 0.25) is 10.0 Å². The molecule has 2 aromatic rings. The zero-order valence-electron chi connectivity index (χ0n) is 12.9. The number of halogens is 2. The van der Waals surface area contributed by atoms with E-state index >= 15 is 0 Å². The van der Waals surface area contributed by atoms with Gasteiger partial charge in [0.15, 0.2) is 11.6 Å². The Morgan fingerprint density at radius 3 is 2.78 bits per heavy atom. The SMILES string of the molecule is CC1CCCCN1c1ncnc(Nc2ccc(Cl)c(Cl)c2)c1N. The van der Waals surface area contributed by atoms with Crippen LogP contribution in [0.15, 0.2) is 24.5 Å². The maximum Gasteiger partial charge on any atom is 0.159 e. The first kappa shape index (κ1) is 16.1. The van der Waals surface area contributed by atoms with Gasteiger partial charge in [0.1, 0.15) is 12.0 Å². The van der Waals surface area contributed by atoms with Crippen LogP contribution in [0.3, 0.4) is 0 Å². The lowest BCUT2D eigenvalue weighted by molar-refractivity contribution is 0.481. The summed E-state index contributed by atoms with van der Waals surface area (Å²) in [7, 11) is 0. The van der Waals surface area contributed by atoms with Crippen LogP contribution in [-0.2, 0) is 0 Å². The molecule has 23 heavy (non-hydrogen) atoms. The van der Waals surface area contributed by atoms with Gasteiger partial charge in [-0.05, 0) is 44.4 Å². The number of nitrogens with zero attached hydrogens (tertiary/aromatic N) is 3. The standard InChI is InChI=1S/C16H19Cl2N5/c1-10-4-2-3-7-23(10)16-14(19)15(20-9-21-16)22-11-5-6-12(17)13(18)8-11/h5-6,8-10H,2-4,7,19H2,1H3,(H,20,21,22). The summed E-state index contributed by atoms with van der Waals surface area (Å²) in [6.45, 7) is 3.17. The van der Waals surface area contributed by atoms with Gasteiger partial charge in [-0.25, -0.2) is 9.97 Å². The second-order valence-corrected chi connectivity index (χ2v) is 6.57. The lowest BCUT2D eigenvalue weighted by Crippen LogP contribution is -2.38. The summed E-state index contributed by atoms with van der Waals surface area (Å²) in [6.07, 6.45) is 5.09. The van der Waals surface area contributed by atoms with Crippen LogP contribution < -0.4 is 16.0 Å². The summed E-state index contributed by atoms with van der Waals surface area (Å²) in [5, 5.41) is 4.18. The van der Waals surface area contributed by atoms with Crippen molar-refractivity contribution in [2.45, 2.75) is 32.2 Å². The molecule has 0 amide bonds. The van der Waals surface area contributed by atoms with E-state index < -0.39 is 0 Å². The van der Waals surface area contributed by atoms with Crippen LogP contribution in [-0.4, -0.2) is 22.6 Å². The second kappa shape index (κ2) is 6.81. The number of piperidine rings is 1. The van der Waals surface area contributed by atoms with Crippen molar-refractivity contribution in [2.75, 3.05) is 22.5 Å². The summed E-state index contributed by atoms with van der Waals surface area (Å²) in [6, 6.07) is 5.74. The molecule has 122 valence electrons. The smallest absolute Gasteiger partial charge is 0.159 e. The third-order valence-corrected chi connectivity index (χ3v) is 4.86. The summed E-state index contributed by atoms with van der Waals surface area (Å²) < 4.78 is 0. The topological polar surface area (TPSA) is 67.1 Å². The van der Waals surface area contributed by atoms with Crippen molar-refractivity contribution < 1.29 is 0 Å². The van der Waals surface area contributed by atoms with E-state index in [0.29, 0.717) is 27.6 Å². The van der Waals surface area contributed by atoms with Crippen molar-refractivity contribution in [1.82, 2.24) is 9.97 Å². The maximum atomic E-state index is 6.30. The van der Waals surface area contributed by atoms with Crippen molar-refractivity contribution in [3.05, 3.63) is 34.6 Å². The number of aromatic nitrogens is 2. The Bertz CT molecular complexity index is 707. The van der Waals surface area contributed by atoms with E-state index in [0.717, 1.165) is 30.9 Å². The van der Waals surface area contributed by atoms with Crippen molar-refractivity contribution in [1.29, 1.82) is 0 Å². The number of hydrogen-bond donors (Lipinski definition) is 2. The number of rotatable bonds is 3. The van der Waals surface area contributed by atoms with Crippen LogP contribution in [0.5, 0.6) is 0 Å². The molecule has 0 saturated carbocycles. The van der Waals surface area contributed by atoms with E-state index in [1.807, 2.05) is 6.07 Å². The van der Waals surface area contributed by atoms with E-state index in [1.165, 1.54) is 12.7 Å². The Kier molecular flexibility index (Phi) is 4.78. The number of nitrogen functional groups attached to an aromatic ring is 1. The van der Waals surface area contributed by atoms with Crippen LogP contribution in [0.1, 0.15) is 26.2 Å². The molecule has 0 aliphatic carbocycles. The Morgan fingerprint density at radius 2 is 2.04 bits per heavy atom. The zero-order chi connectivity index (χ0) is 16.4. The van der Waals surface area contributed by atoms with Crippen LogP contribution in [0.25, 0.3) is 0 Å².